The van der Waals surface area contributed by atoms with E-state index in [1.165, 1.54) is 6.33 Å². The van der Waals surface area contributed by atoms with Crippen LogP contribution in [0.1, 0.15) is 41.4 Å². The van der Waals surface area contributed by atoms with E-state index in [1.54, 1.807) is 0 Å². The number of rotatable bonds is 3. The predicted molar refractivity (Wildman–Crippen MR) is 104 cm³/mol. The van der Waals surface area contributed by atoms with E-state index in [0.29, 0.717) is 49.7 Å². The van der Waals surface area contributed by atoms with Gasteiger partial charge >= 0.3 is 0 Å². The fourth-order valence-electron chi connectivity index (χ4n) is 3.87. The van der Waals surface area contributed by atoms with Gasteiger partial charge in [-0.05, 0) is 49.4 Å². The normalized spacial score (nSPS) is 16.9. The largest absolute Gasteiger partial charge is 0.493 e. The molecule has 1 fully saturated rings. The molecule has 2 aliphatic heterocycles. The number of ether oxygens (including phenoxy) is 1. The number of benzene rings is 1. The van der Waals surface area contributed by atoms with Gasteiger partial charge in [-0.25, -0.2) is 14.4 Å². The quantitative estimate of drug-likeness (QED) is 0.815. The number of carbonyl (C=O) groups excluding carboxylic acids is 1. The highest BCUT2D eigenvalue weighted by Gasteiger charge is 2.24. The lowest BCUT2D eigenvalue weighted by Crippen LogP contribution is -2.35. The minimum atomic E-state index is -0.348. The first-order chi connectivity index (χ1) is 13.7. The highest BCUT2D eigenvalue weighted by atomic mass is 19.1. The zero-order chi connectivity index (χ0) is 19.5. The van der Waals surface area contributed by atoms with E-state index in [4.69, 9.17) is 4.74 Å². The SMILES string of the molecule is CCc1ncnc(N2CCCN(C(=O)c3ccc4c(c3)CCCO4)CC2)c1F. The lowest BCUT2D eigenvalue weighted by Gasteiger charge is -2.24. The summed E-state index contributed by atoms with van der Waals surface area (Å²) in [7, 11) is 0. The molecule has 0 saturated carbocycles. The van der Waals surface area contributed by atoms with E-state index >= 15 is 0 Å². The number of hydrogen-bond donors (Lipinski definition) is 0. The third-order valence-corrected chi connectivity index (χ3v) is 5.42. The van der Waals surface area contributed by atoms with Gasteiger partial charge in [-0.15, -0.1) is 0 Å². The highest BCUT2D eigenvalue weighted by molar-refractivity contribution is 5.94. The third kappa shape index (κ3) is 3.66. The molecule has 0 spiro atoms. The van der Waals surface area contributed by atoms with Gasteiger partial charge in [0.1, 0.15) is 12.1 Å². The van der Waals surface area contributed by atoms with Gasteiger partial charge in [-0.1, -0.05) is 6.92 Å². The molecule has 3 heterocycles. The molecule has 0 unspecified atom stereocenters. The number of amides is 1. The number of anilines is 1. The van der Waals surface area contributed by atoms with E-state index in [0.717, 1.165) is 37.2 Å². The van der Waals surface area contributed by atoms with Crippen LogP contribution in [0, 0.1) is 5.82 Å². The summed E-state index contributed by atoms with van der Waals surface area (Å²) in [6.07, 6.45) is 4.64. The highest BCUT2D eigenvalue weighted by Crippen LogP contribution is 2.26. The van der Waals surface area contributed by atoms with Crippen molar-refractivity contribution in [1.29, 1.82) is 0 Å². The first-order valence-electron chi connectivity index (χ1n) is 9.96. The van der Waals surface area contributed by atoms with Crippen molar-refractivity contribution >= 4 is 11.7 Å². The molecule has 0 radical (unpaired) electrons. The summed E-state index contributed by atoms with van der Waals surface area (Å²) in [5.74, 6) is 0.898. The van der Waals surface area contributed by atoms with Crippen molar-refractivity contribution in [1.82, 2.24) is 14.9 Å². The van der Waals surface area contributed by atoms with Crippen molar-refractivity contribution < 1.29 is 13.9 Å². The maximum absolute atomic E-state index is 14.6. The lowest BCUT2D eigenvalue weighted by molar-refractivity contribution is 0.0766. The second-order valence-electron chi connectivity index (χ2n) is 7.22. The average Bonchev–Trinajstić information content (AvgIpc) is 2.99. The van der Waals surface area contributed by atoms with Crippen molar-refractivity contribution in [2.45, 2.75) is 32.6 Å². The molecule has 0 N–H and O–H groups in total. The molecule has 6 nitrogen and oxygen atoms in total. The van der Waals surface area contributed by atoms with Gasteiger partial charge in [0.15, 0.2) is 11.6 Å². The molecular formula is C21H25FN4O2. The van der Waals surface area contributed by atoms with E-state index in [-0.39, 0.29) is 11.7 Å². The van der Waals surface area contributed by atoms with Gasteiger partial charge in [0, 0.05) is 31.7 Å². The molecule has 2 aliphatic rings. The van der Waals surface area contributed by atoms with Crippen LogP contribution < -0.4 is 9.64 Å². The van der Waals surface area contributed by atoms with Crippen molar-refractivity contribution in [3.63, 3.8) is 0 Å². The standard InChI is InChI=1S/C21H25FN4O2/c1-2-17-19(22)20(24-14-23-17)25-8-4-9-26(11-10-25)21(27)16-6-7-18-15(13-16)5-3-12-28-18/h6-7,13-14H,2-5,8-12H2,1H3. The average molecular weight is 384 g/mol. The second kappa shape index (κ2) is 8.12. The molecule has 1 amide bonds. The zero-order valence-corrected chi connectivity index (χ0v) is 16.2. The van der Waals surface area contributed by atoms with Crippen molar-refractivity contribution in [3.8, 4) is 5.75 Å². The number of carbonyl (C=O) groups is 1. The molecule has 1 saturated heterocycles. The third-order valence-electron chi connectivity index (χ3n) is 5.42. The molecular weight excluding hydrogens is 359 g/mol. The Morgan fingerprint density at radius 1 is 1.18 bits per heavy atom. The smallest absolute Gasteiger partial charge is 0.253 e. The van der Waals surface area contributed by atoms with E-state index < -0.39 is 0 Å². The van der Waals surface area contributed by atoms with Gasteiger partial charge in [-0.3, -0.25) is 4.79 Å². The molecule has 1 aromatic carbocycles. The Labute approximate surface area is 164 Å². The number of halogens is 1. The van der Waals surface area contributed by atoms with E-state index in [1.807, 2.05) is 34.9 Å². The van der Waals surface area contributed by atoms with Crippen LogP contribution >= 0.6 is 0 Å². The molecule has 0 bridgehead atoms. The maximum Gasteiger partial charge on any atom is 0.253 e. The summed E-state index contributed by atoms with van der Waals surface area (Å²) in [4.78, 5) is 24.9. The van der Waals surface area contributed by atoms with Gasteiger partial charge < -0.3 is 14.5 Å². The van der Waals surface area contributed by atoms with Gasteiger partial charge in [-0.2, -0.15) is 0 Å². The molecule has 148 valence electrons. The van der Waals surface area contributed by atoms with Crippen LogP contribution in [0.15, 0.2) is 24.5 Å². The van der Waals surface area contributed by atoms with Crippen LogP contribution in [0.3, 0.4) is 0 Å². The van der Waals surface area contributed by atoms with Crippen molar-refractivity contribution in [2.75, 3.05) is 37.7 Å². The zero-order valence-electron chi connectivity index (χ0n) is 16.2. The molecule has 1 aromatic heterocycles. The molecule has 7 heteroatoms. The lowest BCUT2D eigenvalue weighted by atomic mass is 10.0. The first kappa shape index (κ1) is 18.7. The van der Waals surface area contributed by atoms with Gasteiger partial charge in [0.25, 0.3) is 5.91 Å². The fourth-order valence-corrected chi connectivity index (χ4v) is 3.87. The number of aryl methyl sites for hydroxylation is 2. The van der Waals surface area contributed by atoms with Crippen LogP contribution in [-0.2, 0) is 12.8 Å². The summed E-state index contributed by atoms with van der Waals surface area (Å²) >= 11 is 0. The van der Waals surface area contributed by atoms with Gasteiger partial charge in [0.05, 0.1) is 12.3 Å². The molecule has 2 aromatic rings. The number of fused-ring (bicyclic) bond motifs is 1. The molecule has 28 heavy (non-hydrogen) atoms. The van der Waals surface area contributed by atoms with E-state index in [9.17, 15) is 9.18 Å². The Bertz CT molecular complexity index is 873. The second-order valence-corrected chi connectivity index (χ2v) is 7.22. The predicted octanol–water partition coefficient (Wildman–Crippen LogP) is 2.86. The van der Waals surface area contributed by atoms with E-state index in [2.05, 4.69) is 9.97 Å². The van der Waals surface area contributed by atoms with Crippen LogP contribution in [0.2, 0.25) is 0 Å². The number of hydrogen-bond acceptors (Lipinski definition) is 5. The summed E-state index contributed by atoms with van der Waals surface area (Å²) in [6, 6.07) is 5.69. The molecule has 0 atom stereocenters. The summed E-state index contributed by atoms with van der Waals surface area (Å²) < 4.78 is 20.2. The minimum Gasteiger partial charge on any atom is -0.493 e. The Hall–Kier alpha value is -2.70. The van der Waals surface area contributed by atoms with Gasteiger partial charge in [0.2, 0.25) is 0 Å². The van der Waals surface area contributed by atoms with Crippen LogP contribution in [-0.4, -0.2) is 53.6 Å². The van der Waals surface area contributed by atoms with Crippen LogP contribution in [0.5, 0.6) is 5.75 Å². The molecule has 4 rings (SSSR count). The van der Waals surface area contributed by atoms with Crippen molar-refractivity contribution in [2.24, 2.45) is 0 Å². The fraction of sp³-hybridized carbons (Fsp3) is 0.476. The topological polar surface area (TPSA) is 58.6 Å². The summed E-state index contributed by atoms with van der Waals surface area (Å²) in [5, 5.41) is 0. The Morgan fingerprint density at radius 3 is 2.93 bits per heavy atom. The van der Waals surface area contributed by atoms with Crippen molar-refractivity contribution in [3.05, 3.63) is 47.2 Å². The summed E-state index contributed by atoms with van der Waals surface area (Å²) in [6.45, 7) is 5.02. The Morgan fingerprint density at radius 2 is 2.07 bits per heavy atom. The number of aromatic nitrogens is 2. The maximum atomic E-state index is 14.6. The monoisotopic (exact) mass is 384 g/mol. The Kier molecular flexibility index (Phi) is 5.41. The Balaban J connectivity index is 1.47. The van der Waals surface area contributed by atoms with Crippen LogP contribution in [0.4, 0.5) is 10.2 Å². The molecule has 0 aliphatic carbocycles. The minimum absolute atomic E-state index is 0.0210. The summed E-state index contributed by atoms with van der Waals surface area (Å²) in [5.41, 5.74) is 2.22. The number of nitrogens with zero attached hydrogens (tertiary/aromatic N) is 4. The van der Waals surface area contributed by atoms with Crippen LogP contribution in [0.25, 0.3) is 0 Å². The first-order valence-corrected chi connectivity index (χ1v) is 9.96.